The van der Waals surface area contributed by atoms with E-state index in [-0.39, 0.29) is 23.5 Å². The normalized spacial score (nSPS) is 24.5. The number of amides is 1. The lowest BCUT2D eigenvalue weighted by Gasteiger charge is -2.43. The first-order valence-electron chi connectivity index (χ1n) is 8.57. The molecule has 0 radical (unpaired) electrons. The van der Waals surface area contributed by atoms with Crippen molar-refractivity contribution >= 4 is 21.7 Å². The van der Waals surface area contributed by atoms with Gasteiger partial charge in [-0.25, -0.2) is 18.4 Å². The van der Waals surface area contributed by atoms with Crippen molar-refractivity contribution in [2.75, 3.05) is 29.5 Å². The Morgan fingerprint density at radius 1 is 1.19 bits per heavy atom. The van der Waals surface area contributed by atoms with E-state index in [0.29, 0.717) is 31.3 Å². The summed E-state index contributed by atoms with van der Waals surface area (Å²) in [6, 6.07) is 2.64. The Balaban J connectivity index is 1.64. The minimum atomic E-state index is -3.23. The molecule has 0 bridgehead atoms. The number of rotatable bonds is 3. The van der Waals surface area contributed by atoms with Gasteiger partial charge in [-0.3, -0.25) is 9.48 Å². The molecular weight excluding hydrogens is 356 g/mol. The van der Waals surface area contributed by atoms with Crippen LogP contribution in [0.1, 0.15) is 17.4 Å². The summed E-state index contributed by atoms with van der Waals surface area (Å²) in [7, 11) is -3.23. The zero-order valence-electron chi connectivity index (χ0n) is 14.4. The Bertz CT molecular complexity index is 913. The number of anilines is 1. The lowest BCUT2D eigenvalue weighted by molar-refractivity contribution is 0.0640. The molecule has 0 aliphatic carbocycles. The molecule has 0 N–H and O–H groups in total. The zero-order chi connectivity index (χ0) is 18.3. The summed E-state index contributed by atoms with van der Waals surface area (Å²) in [5, 5.41) is 4.27. The van der Waals surface area contributed by atoms with Gasteiger partial charge in [0, 0.05) is 38.2 Å². The molecule has 10 heteroatoms. The van der Waals surface area contributed by atoms with Gasteiger partial charge >= 0.3 is 0 Å². The lowest BCUT2D eigenvalue weighted by atomic mass is 10.0. The maximum atomic E-state index is 12.9. The summed E-state index contributed by atoms with van der Waals surface area (Å²) in [5.74, 6) is 0.240. The summed E-state index contributed by atoms with van der Waals surface area (Å²) in [6.45, 7) is 3.51. The van der Waals surface area contributed by atoms with E-state index in [1.54, 1.807) is 40.3 Å². The van der Waals surface area contributed by atoms with E-state index in [0.717, 1.165) is 0 Å². The van der Waals surface area contributed by atoms with Gasteiger partial charge in [0.15, 0.2) is 9.84 Å². The highest BCUT2D eigenvalue weighted by Gasteiger charge is 2.49. The summed E-state index contributed by atoms with van der Waals surface area (Å²) in [6.07, 6.45) is 5.02. The van der Waals surface area contributed by atoms with Crippen LogP contribution in [0.4, 0.5) is 5.95 Å². The molecule has 0 spiro atoms. The van der Waals surface area contributed by atoms with Gasteiger partial charge in [0.05, 0.1) is 23.6 Å². The predicted molar refractivity (Wildman–Crippen MR) is 94.5 cm³/mol. The summed E-state index contributed by atoms with van der Waals surface area (Å²) in [5.41, 5.74) is 0.347. The van der Waals surface area contributed by atoms with Gasteiger partial charge in [-0.1, -0.05) is 0 Å². The van der Waals surface area contributed by atoms with Crippen molar-refractivity contribution in [2.45, 2.75) is 25.6 Å². The summed E-state index contributed by atoms with van der Waals surface area (Å²) < 4.78 is 26.3. The van der Waals surface area contributed by atoms with Crippen LogP contribution in [0.5, 0.6) is 0 Å². The van der Waals surface area contributed by atoms with E-state index in [1.807, 2.05) is 11.8 Å². The van der Waals surface area contributed by atoms with Crippen molar-refractivity contribution in [1.82, 2.24) is 24.6 Å². The van der Waals surface area contributed by atoms with Gasteiger partial charge in [-0.2, -0.15) is 5.10 Å². The molecule has 0 aromatic carbocycles. The van der Waals surface area contributed by atoms with E-state index >= 15 is 0 Å². The third-order valence-corrected chi connectivity index (χ3v) is 6.63. The highest BCUT2D eigenvalue weighted by molar-refractivity contribution is 7.91. The van der Waals surface area contributed by atoms with Gasteiger partial charge in [-0.15, -0.1) is 0 Å². The quantitative estimate of drug-likeness (QED) is 0.732. The van der Waals surface area contributed by atoms with Crippen molar-refractivity contribution in [2.24, 2.45) is 0 Å². The number of fused-ring (bicyclic) bond motifs is 1. The van der Waals surface area contributed by atoms with Crippen molar-refractivity contribution in [3.8, 4) is 0 Å². The lowest BCUT2D eigenvalue weighted by Crippen LogP contribution is -2.61. The minimum absolute atomic E-state index is 0.00308. The number of carbonyl (C=O) groups excluding carboxylic acids is 1. The van der Waals surface area contributed by atoms with Crippen LogP contribution in [-0.2, 0) is 16.4 Å². The number of piperazine rings is 1. The van der Waals surface area contributed by atoms with Crippen LogP contribution in [0.3, 0.4) is 0 Å². The van der Waals surface area contributed by atoms with Gasteiger partial charge in [0.25, 0.3) is 5.91 Å². The molecule has 4 rings (SSSR count). The molecule has 138 valence electrons. The SMILES string of the molecule is CCn1ccc(C(=O)N2CCN(c3ncccn3)[C@@H]3CS(=O)(=O)C[C@@H]32)n1. The van der Waals surface area contributed by atoms with Gasteiger partial charge in [0.1, 0.15) is 5.69 Å². The smallest absolute Gasteiger partial charge is 0.274 e. The third-order valence-electron chi connectivity index (χ3n) is 4.93. The van der Waals surface area contributed by atoms with Crippen molar-refractivity contribution in [1.29, 1.82) is 0 Å². The largest absolute Gasteiger partial charge is 0.333 e. The maximum Gasteiger partial charge on any atom is 0.274 e. The van der Waals surface area contributed by atoms with E-state index in [1.165, 1.54) is 0 Å². The number of hydrogen-bond donors (Lipinski definition) is 0. The molecule has 2 saturated heterocycles. The van der Waals surface area contributed by atoms with Crippen LogP contribution in [0.25, 0.3) is 0 Å². The molecule has 9 nitrogen and oxygen atoms in total. The Morgan fingerprint density at radius 3 is 2.62 bits per heavy atom. The first-order chi connectivity index (χ1) is 12.5. The predicted octanol–water partition coefficient (Wildman–Crippen LogP) is -0.179. The van der Waals surface area contributed by atoms with Crippen molar-refractivity contribution in [3.05, 3.63) is 36.4 Å². The number of sulfone groups is 1. The fourth-order valence-corrected chi connectivity index (χ4v) is 5.67. The zero-order valence-corrected chi connectivity index (χ0v) is 15.2. The van der Waals surface area contributed by atoms with Crippen LogP contribution in [0.15, 0.2) is 30.7 Å². The second-order valence-corrected chi connectivity index (χ2v) is 8.66. The molecular formula is C16H20N6O3S. The van der Waals surface area contributed by atoms with E-state index in [4.69, 9.17) is 0 Å². The number of aryl methyl sites for hydroxylation is 1. The number of nitrogens with zero attached hydrogens (tertiary/aromatic N) is 6. The molecule has 4 heterocycles. The van der Waals surface area contributed by atoms with E-state index in [9.17, 15) is 13.2 Å². The maximum absolute atomic E-state index is 12.9. The van der Waals surface area contributed by atoms with Crippen LogP contribution in [0, 0.1) is 0 Å². The van der Waals surface area contributed by atoms with Gasteiger partial charge in [-0.05, 0) is 19.1 Å². The molecule has 0 unspecified atom stereocenters. The molecule has 2 aromatic rings. The molecule has 0 saturated carbocycles. The first kappa shape index (κ1) is 17.0. The monoisotopic (exact) mass is 376 g/mol. The average Bonchev–Trinajstić information content (AvgIpc) is 3.24. The second-order valence-electron chi connectivity index (χ2n) is 6.51. The summed E-state index contributed by atoms with van der Waals surface area (Å²) >= 11 is 0. The molecule has 1 amide bonds. The minimum Gasteiger partial charge on any atom is -0.333 e. The topological polar surface area (TPSA) is 101 Å². The summed E-state index contributed by atoms with van der Waals surface area (Å²) in [4.78, 5) is 25.0. The Morgan fingerprint density at radius 2 is 1.92 bits per heavy atom. The van der Waals surface area contributed by atoms with Crippen molar-refractivity contribution in [3.63, 3.8) is 0 Å². The molecule has 2 fully saturated rings. The van der Waals surface area contributed by atoms with Gasteiger partial charge in [0.2, 0.25) is 5.95 Å². The standard InChI is InChI=1S/C16H20N6O3S/c1-2-20-7-4-12(19-20)15(23)21-8-9-22(16-17-5-3-6-18-16)14-11-26(24,25)10-13(14)21/h3-7,13-14H,2,8-11H2,1H3/t13-,14+/m0/s1. The molecule has 2 aliphatic rings. The Labute approximate surface area is 151 Å². The Kier molecular flexibility index (Phi) is 4.14. The van der Waals surface area contributed by atoms with E-state index < -0.39 is 15.9 Å². The highest BCUT2D eigenvalue weighted by atomic mass is 32.2. The second kappa shape index (κ2) is 6.35. The van der Waals surface area contributed by atoms with Crippen LogP contribution in [-0.4, -0.2) is 75.7 Å². The molecule has 2 aliphatic heterocycles. The van der Waals surface area contributed by atoms with Gasteiger partial charge < -0.3 is 9.80 Å². The van der Waals surface area contributed by atoms with Crippen molar-refractivity contribution < 1.29 is 13.2 Å². The Hall–Kier alpha value is -2.49. The molecule has 26 heavy (non-hydrogen) atoms. The van der Waals surface area contributed by atoms with Crippen LogP contribution >= 0.6 is 0 Å². The first-order valence-corrected chi connectivity index (χ1v) is 10.4. The van der Waals surface area contributed by atoms with Crippen LogP contribution in [0.2, 0.25) is 0 Å². The molecule has 2 aromatic heterocycles. The average molecular weight is 376 g/mol. The van der Waals surface area contributed by atoms with Crippen LogP contribution < -0.4 is 4.90 Å². The van der Waals surface area contributed by atoms with E-state index in [2.05, 4.69) is 15.1 Å². The highest BCUT2D eigenvalue weighted by Crippen LogP contribution is 2.30. The number of aromatic nitrogens is 4. The third kappa shape index (κ3) is 2.94. The number of hydrogen-bond acceptors (Lipinski definition) is 7. The fraction of sp³-hybridized carbons (Fsp3) is 0.500. The number of carbonyl (C=O) groups is 1. The molecule has 2 atom stereocenters. The fourth-order valence-electron chi connectivity index (χ4n) is 3.69.